The maximum absolute atomic E-state index is 12.7. The number of carbonyl (C=O) groups is 2. The molecule has 25 heavy (non-hydrogen) atoms. The van der Waals surface area contributed by atoms with Crippen LogP contribution in [0.5, 0.6) is 0 Å². The van der Waals surface area contributed by atoms with Crippen molar-refractivity contribution in [2.45, 2.75) is 25.4 Å². The van der Waals surface area contributed by atoms with Crippen LogP contribution in [0, 0.1) is 0 Å². The van der Waals surface area contributed by atoms with Crippen LogP contribution >= 0.6 is 23.2 Å². The van der Waals surface area contributed by atoms with Crippen LogP contribution in [0.15, 0.2) is 42.7 Å². The molecule has 130 valence electrons. The predicted octanol–water partition coefficient (Wildman–Crippen LogP) is 3.31. The molecule has 1 aliphatic rings. The normalized spacial score (nSPS) is 16.7. The van der Waals surface area contributed by atoms with Gasteiger partial charge in [-0.3, -0.25) is 14.6 Å². The first-order valence-electron chi connectivity index (χ1n) is 7.99. The summed E-state index contributed by atoms with van der Waals surface area (Å²) in [4.78, 5) is 30.9. The molecule has 0 unspecified atom stereocenters. The van der Waals surface area contributed by atoms with Crippen LogP contribution in [0.3, 0.4) is 0 Å². The summed E-state index contributed by atoms with van der Waals surface area (Å²) in [6.45, 7) is 0.933. The Balaban J connectivity index is 1.67. The third-order valence-corrected chi connectivity index (χ3v) is 4.91. The number of halogens is 2. The Bertz CT molecular complexity index is 783. The maximum Gasteiger partial charge on any atom is 0.254 e. The van der Waals surface area contributed by atoms with E-state index < -0.39 is 6.04 Å². The number of carbonyl (C=O) groups excluding carboxylic acids is 2. The Morgan fingerprint density at radius 1 is 1.24 bits per heavy atom. The monoisotopic (exact) mass is 377 g/mol. The molecule has 1 fully saturated rings. The molecule has 0 spiro atoms. The van der Waals surface area contributed by atoms with Crippen molar-refractivity contribution in [3.05, 3.63) is 63.9 Å². The fourth-order valence-corrected chi connectivity index (χ4v) is 3.19. The fourth-order valence-electron chi connectivity index (χ4n) is 2.89. The fraction of sp³-hybridized carbons (Fsp3) is 0.278. The van der Waals surface area contributed by atoms with Crippen LogP contribution in [0.2, 0.25) is 10.0 Å². The Hall–Kier alpha value is -2.11. The number of likely N-dealkylation sites (tertiary alicyclic amines) is 1. The molecule has 0 radical (unpaired) electrons. The van der Waals surface area contributed by atoms with Crippen LogP contribution in [-0.4, -0.2) is 34.3 Å². The molecule has 5 nitrogen and oxygen atoms in total. The van der Waals surface area contributed by atoms with Gasteiger partial charge in [0.2, 0.25) is 5.91 Å². The van der Waals surface area contributed by atoms with Gasteiger partial charge in [-0.05, 0) is 42.7 Å². The molecule has 7 heteroatoms. The largest absolute Gasteiger partial charge is 0.350 e. The minimum absolute atomic E-state index is 0.158. The van der Waals surface area contributed by atoms with Crippen LogP contribution in [0.25, 0.3) is 0 Å². The number of benzene rings is 1. The zero-order valence-electron chi connectivity index (χ0n) is 13.4. The van der Waals surface area contributed by atoms with Crippen molar-refractivity contribution in [3.8, 4) is 0 Å². The minimum Gasteiger partial charge on any atom is -0.350 e. The van der Waals surface area contributed by atoms with Gasteiger partial charge in [0.25, 0.3) is 5.91 Å². The average molecular weight is 378 g/mol. The molecule has 1 aliphatic heterocycles. The van der Waals surface area contributed by atoms with E-state index in [1.165, 1.54) is 6.07 Å². The molecule has 0 aliphatic carbocycles. The predicted molar refractivity (Wildman–Crippen MR) is 96.6 cm³/mol. The summed E-state index contributed by atoms with van der Waals surface area (Å²) < 4.78 is 0. The van der Waals surface area contributed by atoms with Gasteiger partial charge in [0.1, 0.15) is 6.04 Å². The van der Waals surface area contributed by atoms with E-state index in [9.17, 15) is 9.59 Å². The van der Waals surface area contributed by atoms with Crippen molar-refractivity contribution < 1.29 is 9.59 Å². The number of amides is 2. The average Bonchev–Trinajstić information content (AvgIpc) is 3.12. The van der Waals surface area contributed by atoms with E-state index in [0.29, 0.717) is 35.1 Å². The van der Waals surface area contributed by atoms with E-state index in [2.05, 4.69) is 10.3 Å². The highest BCUT2D eigenvalue weighted by molar-refractivity contribution is 6.42. The van der Waals surface area contributed by atoms with Crippen LogP contribution in [-0.2, 0) is 11.3 Å². The number of aromatic nitrogens is 1. The van der Waals surface area contributed by atoms with Crippen molar-refractivity contribution >= 4 is 35.0 Å². The number of pyridine rings is 1. The quantitative estimate of drug-likeness (QED) is 0.888. The Kier molecular flexibility index (Phi) is 5.56. The smallest absolute Gasteiger partial charge is 0.254 e. The highest BCUT2D eigenvalue weighted by Crippen LogP contribution is 2.26. The van der Waals surface area contributed by atoms with Crippen LogP contribution in [0.4, 0.5) is 0 Å². The maximum atomic E-state index is 12.7. The number of nitrogens with zero attached hydrogens (tertiary/aromatic N) is 2. The summed E-state index contributed by atoms with van der Waals surface area (Å²) >= 11 is 11.9. The van der Waals surface area contributed by atoms with Gasteiger partial charge in [-0.2, -0.15) is 0 Å². The van der Waals surface area contributed by atoms with Gasteiger partial charge in [0, 0.05) is 31.0 Å². The van der Waals surface area contributed by atoms with E-state index in [1.54, 1.807) is 29.4 Å². The van der Waals surface area contributed by atoms with Gasteiger partial charge in [0.15, 0.2) is 0 Å². The summed E-state index contributed by atoms with van der Waals surface area (Å²) in [6, 6.07) is 7.98. The van der Waals surface area contributed by atoms with Gasteiger partial charge in [-0.25, -0.2) is 0 Å². The third kappa shape index (κ3) is 4.11. The molecule has 1 N–H and O–H groups in total. The van der Waals surface area contributed by atoms with E-state index in [4.69, 9.17) is 23.2 Å². The molecular weight excluding hydrogens is 361 g/mol. The lowest BCUT2D eigenvalue weighted by Crippen LogP contribution is -2.45. The molecule has 1 aromatic carbocycles. The van der Waals surface area contributed by atoms with Gasteiger partial charge in [-0.1, -0.05) is 29.3 Å². The first kappa shape index (κ1) is 17.7. The zero-order chi connectivity index (χ0) is 17.8. The van der Waals surface area contributed by atoms with Crippen LogP contribution < -0.4 is 5.32 Å². The lowest BCUT2D eigenvalue weighted by atomic mass is 10.1. The number of nitrogens with one attached hydrogen (secondary N) is 1. The molecule has 0 bridgehead atoms. The van der Waals surface area contributed by atoms with E-state index >= 15 is 0 Å². The zero-order valence-corrected chi connectivity index (χ0v) is 14.9. The molecule has 1 atom stereocenters. The van der Waals surface area contributed by atoms with E-state index in [1.807, 2.05) is 12.1 Å². The lowest BCUT2D eigenvalue weighted by Gasteiger charge is -2.24. The second-order valence-corrected chi connectivity index (χ2v) is 6.68. The molecule has 1 aromatic heterocycles. The highest BCUT2D eigenvalue weighted by Gasteiger charge is 2.34. The van der Waals surface area contributed by atoms with E-state index in [-0.39, 0.29) is 11.8 Å². The molecule has 2 amide bonds. The number of hydrogen-bond acceptors (Lipinski definition) is 3. The second-order valence-electron chi connectivity index (χ2n) is 5.86. The van der Waals surface area contributed by atoms with Gasteiger partial charge >= 0.3 is 0 Å². The summed E-state index contributed by atoms with van der Waals surface area (Å²) in [5.41, 5.74) is 1.34. The molecular formula is C18H17Cl2N3O2. The molecule has 2 heterocycles. The van der Waals surface area contributed by atoms with Gasteiger partial charge in [-0.15, -0.1) is 0 Å². The second kappa shape index (κ2) is 7.85. The van der Waals surface area contributed by atoms with Crippen molar-refractivity contribution in [2.24, 2.45) is 0 Å². The van der Waals surface area contributed by atoms with Crippen molar-refractivity contribution in [2.75, 3.05) is 6.54 Å². The Morgan fingerprint density at radius 3 is 2.80 bits per heavy atom. The molecule has 1 saturated heterocycles. The Labute approximate surface area is 155 Å². The summed E-state index contributed by atoms with van der Waals surface area (Å²) in [7, 11) is 0. The number of rotatable bonds is 4. The van der Waals surface area contributed by atoms with Gasteiger partial charge < -0.3 is 10.2 Å². The summed E-state index contributed by atoms with van der Waals surface area (Å²) in [5, 5.41) is 3.60. The third-order valence-electron chi connectivity index (χ3n) is 4.17. The van der Waals surface area contributed by atoms with Crippen molar-refractivity contribution in [3.63, 3.8) is 0 Å². The van der Waals surface area contributed by atoms with Crippen LogP contribution in [0.1, 0.15) is 28.8 Å². The summed E-state index contributed by atoms with van der Waals surface area (Å²) in [6.07, 6.45) is 4.82. The SMILES string of the molecule is O=C(NCc1cccnc1)[C@H]1CCCN1C(=O)c1ccc(Cl)c(Cl)c1. The lowest BCUT2D eigenvalue weighted by molar-refractivity contribution is -0.125. The Morgan fingerprint density at radius 2 is 2.08 bits per heavy atom. The van der Waals surface area contributed by atoms with Gasteiger partial charge in [0.05, 0.1) is 10.0 Å². The topological polar surface area (TPSA) is 62.3 Å². The number of hydrogen-bond donors (Lipinski definition) is 1. The van der Waals surface area contributed by atoms with E-state index in [0.717, 1.165) is 12.0 Å². The molecule has 0 saturated carbocycles. The standard InChI is InChI=1S/C18H17Cl2N3O2/c19-14-6-5-13(9-15(14)20)18(25)23-8-2-4-16(23)17(24)22-11-12-3-1-7-21-10-12/h1,3,5-7,9-10,16H,2,4,8,11H2,(H,22,24)/t16-/m1/s1. The highest BCUT2D eigenvalue weighted by atomic mass is 35.5. The summed E-state index contributed by atoms with van der Waals surface area (Å²) in [5.74, 6) is -0.368. The first-order valence-corrected chi connectivity index (χ1v) is 8.74. The van der Waals surface area contributed by atoms with Crippen molar-refractivity contribution in [1.29, 1.82) is 0 Å². The minimum atomic E-state index is -0.473. The van der Waals surface area contributed by atoms with Crippen molar-refractivity contribution in [1.82, 2.24) is 15.2 Å². The molecule has 3 rings (SSSR count). The molecule has 2 aromatic rings. The first-order chi connectivity index (χ1) is 12.1.